The van der Waals surface area contributed by atoms with Crippen molar-refractivity contribution in [2.45, 2.75) is 102 Å². The quantitative estimate of drug-likeness (QED) is 0.184. The third-order valence-electron chi connectivity index (χ3n) is 7.58. The molecule has 1 N–H and O–H groups in total. The predicted octanol–water partition coefficient (Wildman–Crippen LogP) is 8.42. The van der Waals surface area contributed by atoms with Crippen LogP contribution in [0.1, 0.15) is 103 Å². The van der Waals surface area contributed by atoms with Crippen molar-refractivity contribution >= 4 is 11.8 Å². The van der Waals surface area contributed by atoms with Crippen molar-refractivity contribution in [2.75, 3.05) is 0 Å². The van der Waals surface area contributed by atoms with Gasteiger partial charge < -0.3 is 5.11 Å². The molecule has 0 aliphatic rings. The fraction of sp³-hybridized carbons (Fsp3) is 0.500. The van der Waals surface area contributed by atoms with Crippen LogP contribution in [-0.2, 0) is 20.4 Å². The summed E-state index contributed by atoms with van der Waals surface area (Å²) >= 11 is 0. The van der Waals surface area contributed by atoms with E-state index in [4.69, 9.17) is 0 Å². The van der Waals surface area contributed by atoms with E-state index in [2.05, 4.69) is 31.2 Å². The molecule has 3 heteroatoms. The van der Waals surface area contributed by atoms with E-state index in [0.29, 0.717) is 6.42 Å². The average Bonchev–Trinajstić information content (AvgIpc) is 2.87. The number of carboxylic acid groups (broad SMARTS) is 1. The Balaban J connectivity index is 1.56. The molecule has 0 amide bonds. The number of allylic oxidation sites excluding steroid dienone is 2. The van der Waals surface area contributed by atoms with Crippen molar-refractivity contribution in [3.05, 3.63) is 83.9 Å². The Kier molecular flexibility index (Phi) is 12.0. The Morgan fingerprint density at radius 1 is 0.657 bits per heavy atom. The van der Waals surface area contributed by atoms with Gasteiger partial charge in [-0.2, -0.15) is 0 Å². The summed E-state index contributed by atoms with van der Waals surface area (Å²) in [4.78, 5) is 24.2. The van der Waals surface area contributed by atoms with Gasteiger partial charge in [0.1, 0.15) is 5.78 Å². The van der Waals surface area contributed by atoms with Gasteiger partial charge in [-0.1, -0.05) is 105 Å². The summed E-state index contributed by atoms with van der Waals surface area (Å²) in [5, 5.41) is 9.76. The molecule has 2 aromatic carbocycles. The number of carbonyl (C=O) groups excluding carboxylic acids is 1. The Labute approximate surface area is 212 Å². The predicted molar refractivity (Wildman–Crippen MR) is 146 cm³/mol. The first-order chi connectivity index (χ1) is 16.8. The van der Waals surface area contributed by atoms with E-state index in [1.807, 2.05) is 55.5 Å². The molecule has 0 saturated carbocycles. The van der Waals surface area contributed by atoms with Gasteiger partial charge in [-0.25, -0.2) is 0 Å². The highest BCUT2D eigenvalue weighted by atomic mass is 16.4. The number of aliphatic carboxylic acids is 1. The molecule has 2 unspecified atom stereocenters. The molecule has 2 aromatic rings. The molecule has 0 radical (unpaired) electrons. The van der Waals surface area contributed by atoms with Crippen molar-refractivity contribution in [3.8, 4) is 0 Å². The molecule has 0 aromatic heterocycles. The SMILES string of the molecule is CC(=O)C(C)(CCCCCC=CCCCCCCC(C)(C(=O)O)c1ccccc1)c1ccccc1. The third kappa shape index (κ3) is 8.80. The van der Waals surface area contributed by atoms with Crippen LogP contribution in [-0.4, -0.2) is 16.9 Å². The number of hydrogen-bond donors (Lipinski definition) is 1. The van der Waals surface area contributed by atoms with Crippen LogP contribution >= 0.6 is 0 Å². The van der Waals surface area contributed by atoms with Gasteiger partial charge >= 0.3 is 5.97 Å². The number of benzene rings is 2. The summed E-state index contributed by atoms with van der Waals surface area (Å²) in [7, 11) is 0. The Morgan fingerprint density at radius 3 is 1.51 bits per heavy atom. The van der Waals surface area contributed by atoms with Gasteiger partial charge in [0.2, 0.25) is 0 Å². The molecule has 0 aliphatic heterocycles. The highest BCUT2D eigenvalue weighted by Gasteiger charge is 2.34. The molecule has 0 spiro atoms. The van der Waals surface area contributed by atoms with Crippen LogP contribution in [0, 0.1) is 0 Å². The number of hydrogen-bond acceptors (Lipinski definition) is 2. The third-order valence-corrected chi connectivity index (χ3v) is 7.58. The number of unbranched alkanes of at least 4 members (excludes halogenated alkanes) is 7. The maximum Gasteiger partial charge on any atom is 0.313 e. The summed E-state index contributed by atoms with van der Waals surface area (Å²) < 4.78 is 0. The van der Waals surface area contributed by atoms with Crippen molar-refractivity contribution < 1.29 is 14.7 Å². The highest BCUT2D eigenvalue weighted by molar-refractivity contribution is 5.87. The molecule has 0 fully saturated rings. The Hall–Kier alpha value is -2.68. The molecular formula is C32H44O3. The van der Waals surface area contributed by atoms with Crippen molar-refractivity contribution in [3.63, 3.8) is 0 Å². The van der Waals surface area contributed by atoms with E-state index in [1.165, 1.54) is 0 Å². The first kappa shape index (κ1) is 28.6. The van der Waals surface area contributed by atoms with Crippen molar-refractivity contribution in [1.29, 1.82) is 0 Å². The molecule has 3 nitrogen and oxygen atoms in total. The van der Waals surface area contributed by atoms with Crippen LogP contribution in [0.2, 0.25) is 0 Å². The van der Waals surface area contributed by atoms with Crippen LogP contribution in [0.25, 0.3) is 0 Å². The van der Waals surface area contributed by atoms with Crippen LogP contribution in [0.3, 0.4) is 0 Å². The van der Waals surface area contributed by atoms with E-state index < -0.39 is 11.4 Å². The van der Waals surface area contributed by atoms with Gasteiger partial charge in [-0.15, -0.1) is 0 Å². The maximum atomic E-state index is 12.3. The lowest BCUT2D eigenvalue weighted by molar-refractivity contribution is -0.143. The fourth-order valence-electron chi connectivity index (χ4n) is 4.76. The highest BCUT2D eigenvalue weighted by Crippen LogP contribution is 2.32. The minimum Gasteiger partial charge on any atom is -0.481 e. The summed E-state index contributed by atoms with van der Waals surface area (Å²) in [6.07, 6.45) is 16.0. The van der Waals surface area contributed by atoms with Crippen LogP contribution < -0.4 is 0 Å². The minimum atomic E-state index is -0.801. The topological polar surface area (TPSA) is 54.4 Å². The van der Waals surface area contributed by atoms with Crippen LogP contribution in [0.15, 0.2) is 72.8 Å². The Bertz CT molecular complexity index is 918. The fourth-order valence-corrected chi connectivity index (χ4v) is 4.76. The average molecular weight is 477 g/mol. The van der Waals surface area contributed by atoms with Crippen LogP contribution in [0.4, 0.5) is 0 Å². The van der Waals surface area contributed by atoms with Crippen molar-refractivity contribution in [1.82, 2.24) is 0 Å². The second-order valence-corrected chi connectivity index (χ2v) is 10.3. The molecule has 0 bridgehead atoms. The molecule has 0 saturated heterocycles. The zero-order chi connectivity index (χ0) is 25.6. The molecule has 190 valence electrons. The van der Waals surface area contributed by atoms with E-state index in [0.717, 1.165) is 75.3 Å². The first-order valence-electron chi connectivity index (χ1n) is 13.3. The monoisotopic (exact) mass is 476 g/mol. The maximum absolute atomic E-state index is 12.3. The first-order valence-corrected chi connectivity index (χ1v) is 13.3. The van der Waals surface area contributed by atoms with Crippen LogP contribution in [0.5, 0.6) is 0 Å². The molecule has 35 heavy (non-hydrogen) atoms. The normalized spacial score (nSPS) is 14.9. The summed E-state index contributed by atoms with van der Waals surface area (Å²) in [5.41, 5.74) is 0.839. The lowest BCUT2D eigenvalue weighted by atomic mass is 9.75. The largest absolute Gasteiger partial charge is 0.481 e. The van der Waals surface area contributed by atoms with Gasteiger partial charge in [0, 0.05) is 0 Å². The van der Waals surface area contributed by atoms with Gasteiger partial charge in [0.05, 0.1) is 10.8 Å². The molecule has 2 atom stereocenters. The number of rotatable bonds is 17. The molecule has 0 aliphatic carbocycles. The van der Waals surface area contributed by atoms with Gasteiger partial charge in [-0.3, -0.25) is 9.59 Å². The van der Waals surface area contributed by atoms with E-state index in [9.17, 15) is 14.7 Å². The van der Waals surface area contributed by atoms with Gasteiger partial charge in [0.25, 0.3) is 0 Å². The number of ketones is 1. The summed E-state index contributed by atoms with van der Waals surface area (Å²) in [6, 6.07) is 19.8. The second-order valence-electron chi connectivity index (χ2n) is 10.3. The molecule has 0 heterocycles. The summed E-state index contributed by atoms with van der Waals surface area (Å²) in [5.74, 6) is -0.492. The van der Waals surface area contributed by atoms with E-state index in [1.54, 1.807) is 6.92 Å². The molecule has 2 rings (SSSR count). The van der Waals surface area contributed by atoms with Gasteiger partial charge in [0.15, 0.2) is 0 Å². The van der Waals surface area contributed by atoms with Gasteiger partial charge in [-0.05, 0) is 70.4 Å². The van der Waals surface area contributed by atoms with E-state index in [-0.39, 0.29) is 11.2 Å². The number of Topliss-reactive ketones (excluding diaryl/α,β-unsaturated/α-hetero) is 1. The second kappa shape index (κ2) is 14.7. The zero-order valence-corrected chi connectivity index (χ0v) is 22.0. The lowest BCUT2D eigenvalue weighted by Gasteiger charge is -2.27. The zero-order valence-electron chi connectivity index (χ0n) is 22.0. The van der Waals surface area contributed by atoms with E-state index >= 15 is 0 Å². The Morgan fingerprint density at radius 2 is 1.06 bits per heavy atom. The number of carbonyl (C=O) groups is 2. The minimum absolute atomic E-state index is 0.247. The smallest absolute Gasteiger partial charge is 0.313 e. The standard InChI is InChI=1S/C32H44O3/c1-27(33)31(2,28-21-15-13-16-22-28)25-19-11-9-7-5-4-6-8-10-12-20-26-32(3,30(34)35)29-23-17-14-18-24-29/h4-5,13-18,21-24H,6-12,19-20,25-26H2,1-3H3,(H,34,35). The summed E-state index contributed by atoms with van der Waals surface area (Å²) in [6.45, 7) is 5.63. The number of carboxylic acids is 1. The lowest BCUT2D eigenvalue weighted by Crippen LogP contribution is -2.32. The van der Waals surface area contributed by atoms with Crippen molar-refractivity contribution in [2.24, 2.45) is 0 Å². The molecular weight excluding hydrogens is 432 g/mol.